The maximum Gasteiger partial charge on any atom is 0.0508 e. The molecule has 0 aliphatic heterocycles. The van der Waals surface area contributed by atoms with Crippen molar-refractivity contribution in [2.45, 2.75) is 47.1 Å². The van der Waals surface area contributed by atoms with Crippen molar-refractivity contribution >= 4 is 21.6 Å². The molecule has 1 aromatic carbocycles. The normalized spacial score (nSPS) is 13.3. The fourth-order valence-electron chi connectivity index (χ4n) is 2.38. The van der Waals surface area contributed by atoms with E-state index in [2.05, 4.69) is 86.0 Å². The highest BCUT2D eigenvalue weighted by atomic mass is 79.9. The predicted octanol–water partition coefficient (Wildman–Crippen LogP) is 4.99. The van der Waals surface area contributed by atoms with Crippen LogP contribution in [0.15, 0.2) is 22.7 Å². The van der Waals surface area contributed by atoms with Gasteiger partial charge in [-0.05, 0) is 58.9 Å². The van der Waals surface area contributed by atoms with Crippen LogP contribution in [0.3, 0.4) is 0 Å². The third kappa shape index (κ3) is 5.45. The van der Waals surface area contributed by atoms with Crippen LogP contribution in [-0.4, -0.2) is 20.1 Å². The SMILES string of the molecule is CCCNC(C)c1ccc(N(C)CC(C)(C)C)c(Br)c1. The molecule has 1 N–H and O–H groups in total. The molecule has 0 saturated heterocycles. The number of anilines is 1. The van der Waals surface area contributed by atoms with E-state index in [1.54, 1.807) is 0 Å². The van der Waals surface area contributed by atoms with E-state index in [9.17, 15) is 0 Å². The van der Waals surface area contributed by atoms with Crippen molar-refractivity contribution in [3.05, 3.63) is 28.2 Å². The molecule has 0 radical (unpaired) electrons. The predicted molar refractivity (Wildman–Crippen MR) is 93.6 cm³/mol. The zero-order valence-electron chi connectivity index (χ0n) is 13.8. The van der Waals surface area contributed by atoms with Gasteiger partial charge in [-0.15, -0.1) is 0 Å². The first-order chi connectivity index (χ1) is 9.24. The van der Waals surface area contributed by atoms with Crippen molar-refractivity contribution in [1.29, 1.82) is 0 Å². The number of rotatable bonds is 6. The van der Waals surface area contributed by atoms with Crippen molar-refractivity contribution in [2.75, 3.05) is 25.0 Å². The molecule has 0 bridgehead atoms. The van der Waals surface area contributed by atoms with E-state index < -0.39 is 0 Å². The Hall–Kier alpha value is -0.540. The average molecular weight is 341 g/mol. The van der Waals surface area contributed by atoms with E-state index >= 15 is 0 Å². The van der Waals surface area contributed by atoms with E-state index in [1.807, 2.05) is 0 Å². The van der Waals surface area contributed by atoms with Crippen molar-refractivity contribution in [3.63, 3.8) is 0 Å². The molecule has 3 heteroatoms. The lowest BCUT2D eigenvalue weighted by atomic mass is 9.96. The molecule has 0 saturated carbocycles. The Kier molecular flexibility index (Phi) is 6.53. The molecule has 0 spiro atoms. The van der Waals surface area contributed by atoms with Gasteiger partial charge in [0.1, 0.15) is 0 Å². The van der Waals surface area contributed by atoms with Gasteiger partial charge in [0.15, 0.2) is 0 Å². The molecule has 0 fully saturated rings. The van der Waals surface area contributed by atoms with Crippen LogP contribution in [0.2, 0.25) is 0 Å². The lowest BCUT2D eigenvalue weighted by Crippen LogP contribution is -2.29. The van der Waals surface area contributed by atoms with Gasteiger partial charge >= 0.3 is 0 Å². The summed E-state index contributed by atoms with van der Waals surface area (Å²) in [6.07, 6.45) is 1.16. The fraction of sp³-hybridized carbons (Fsp3) is 0.647. The molecule has 0 heterocycles. The summed E-state index contributed by atoms with van der Waals surface area (Å²) in [6.45, 7) is 13.3. The fourth-order valence-corrected chi connectivity index (χ4v) is 3.08. The number of halogens is 1. The third-order valence-corrected chi connectivity index (χ3v) is 3.93. The van der Waals surface area contributed by atoms with Gasteiger partial charge in [0.05, 0.1) is 5.69 Å². The first-order valence-corrected chi connectivity index (χ1v) is 8.28. The van der Waals surface area contributed by atoms with Crippen LogP contribution in [0, 0.1) is 5.41 Å². The number of nitrogens with one attached hydrogen (secondary N) is 1. The molecule has 0 aliphatic carbocycles. The van der Waals surface area contributed by atoms with E-state index in [1.165, 1.54) is 15.7 Å². The summed E-state index contributed by atoms with van der Waals surface area (Å²) in [5.74, 6) is 0. The Labute approximate surface area is 133 Å². The second-order valence-corrected chi connectivity index (χ2v) is 7.66. The molecule has 1 aromatic rings. The van der Waals surface area contributed by atoms with Gasteiger partial charge in [-0.1, -0.05) is 33.8 Å². The van der Waals surface area contributed by atoms with E-state index in [0.29, 0.717) is 11.5 Å². The van der Waals surface area contributed by atoms with E-state index in [4.69, 9.17) is 0 Å². The second-order valence-electron chi connectivity index (χ2n) is 6.80. The molecule has 2 nitrogen and oxygen atoms in total. The molecule has 1 unspecified atom stereocenters. The zero-order valence-corrected chi connectivity index (χ0v) is 15.3. The van der Waals surface area contributed by atoms with E-state index in [-0.39, 0.29) is 0 Å². The van der Waals surface area contributed by atoms with Gasteiger partial charge in [0.2, 0.25) is 0 Å². The molecule has 20 heavy (non-hydrogen) atoms. The topological polar surface area (TPSA) is 15.3 Å². The zero-order chi connectivity index (χ0) is 15.3. The second kappa shape index (κ2) is 7.46. The molecular formula is C17H29BrN2. The lowest BCUT2D eigenvalue weighted by Gasteiger charge is -2.29. The van der Waals surface area contributed by atoms with Crippen LogP contribution in [0.4, 0.5) is 5.69 Å². The Morgan fingerprint density at radius 1 is 1.30 bits per heavy atom. The first kappa shape index (κ1) is 17.5. The highest BCUT2D eigenvalue weighted by molar-refractivity contribution is 9.10. The minimum Gasteiger partial charge on any atom is -0.373 e. The largest absolute Gasteiger partial charge is 0.373 e. The minimum absolute atomic E-state index is 0.294. The lowest BCUT2D eigenvalue weighted by molar-refractivity contribution is 0.419. The molecule has 1 atom stereocenters. The quantitative estimate of drug-likeness (QED) is 0.784. The monoisotopic (exact) mass is 340 g/mol. The van der Waals surface area contributed by atoms with Crippen molar-refractivity contribution < 1.29 is 0 Å². The summed E-state index contributed by atoms with van der Waals surface area (Å²) in [4.78, 5) is 2.32. The number of benzene rings is 1. The number of nitrogens with zero attached hydrogens (tertiary/aromatic N) is 1. The molecule has 1 rings (SSSR count). The van der Waals surface area contributed by atoms with Crippen LogP contribution in [0.25, 0.3) is 0 Å². The number of hydrogen-bond donors (Lipinski definition) is 1. The molecule has 0 aliphatic rings. The van der Waals surface area contributed by atoms with Crippen LogP contribution >= 0.6 is 15.9 Å². The van der Waals surface area contributed by atoms with Crippen LogP contribution in [0.5, 0.6) is 0 Å². The van der Waals surface area contributed by atoms with Crippen LogP contribution in [-0.2, 0) is 0 Å². The molecule has 0 amide bonds. The summed E-state index contributed by atoms with van der Waals surface area (Å²) in [5, 5.41) is 3.53. The Bertz CT molecular complexity index is 423. The van der Waals surface area contributed by atoms with Gasteiger partial charge in [-0.3, -0.25) is 0 Å². The molecule has 0 aromatic heterocycles. The Morgan fingerprint density at radius 3 is 2.45 bits per heavy atom. The highest BCUT2D eigenvalue weighted by Gasteiger charge is 2.16. The summed E-state index contributed by atoms with van der Waals surface area (Å²) >= 11 is 3.72. The standard InChI is InChI=1S/C17H29BrN2/c1-7-10-19-13(2)14-8-9-16(15(18)11-14)20(6)12-17(3,4)5/h8-9,11,13,19H,7,10,12H2,1-6H3. The number of hydrogen-bond acceptors (Lipinski definition) is 2. The smallest absolute Gasteiger partial charge is 0.0508 e. The maximum atomic E-state index is 3.72. The summed E-state index contributed by atoms with van der Waals surface area (Å²) in [5.41, 5.74) is 2.88. The van der Waals surface area contributed by atoms with Gasteiger partial charge in [0, 0.05) is 24.1 Å². The third-order valence-electron chi connectivity index (χ3n) is 3.30. The Morgan fingerprint density at radius 2 is 1.95 bits per heavy atom. The first-order valence-electron chi connectivity index (χ1n) is 7.48. The van der Waals surface area contributed by atoms with Gasteiger partial charge in [-0.25, -0.2) is 0 Å². The van der Waals surface area contributed by atoms with Crippen molar-refractivity contribution in [2.24, 2.45) is 5.41 Å². The van der Waals surface area contributed by atoms with E-state index in [0.717, 1.165) is 19.5 Å². The molecule has 114 valence electrons. The van der Waals surface area contributed by atoms with Gasteiger partial charge in [0.25, 0.3) is 0 Å². The highest BCUT2D eigenvalue weighted by Crippen LogP contribution is 2.30. The maximum absolute atomic E-state index is 3.72. The minimum atomic E-state index is 0.294. The van der Waals surface area contributed by atoms with Gasteiger partial charge < -0.3 is 10.2 Å². The summed E-state index contributed by atoms with van der Waals surface area (Å²) in [6, 6.07) is 7.08. The summed E-state index contributed by atoms with van der Waals surface area (Å²) in [7, 11) is 2.16. The average Bonchev–Trinajstić information content (AvgIpc) is 2.33. The van der Waals surface area contributed by atoms with Crippen LogP contribution < -0.4 is 10.2 Å². The Balaban J connectivity index is 2.82. The van der Waals surface area contributed by atoms with Crippen LogP contribution in [0.1, 0.15) is 52.6 Å². The van der Waals surface area contributed by atoms with Gasteiger partial charge in [-0.2, -0.15) is 0 Å². The van der Waals surface area contributed by atoms with Crippen molar-refractivity contribution in [1.82, 2.24) is 5.32 Å². The summed E-state index contributed by atoms with van der Waals surface area (Å²) < 4.78 is 1.17. The van der Waals surface area contributed by atoms with Crippen molar-refractivity contribution in [3.8, 4) is 0 Å². The molecular weight excluding hydrogens is 312 g/mol.